The van der Waals surface area contributed by atoms with Crippen LogP contribution in [0.1, 0.15) is 20.8 Å². The maximum atomic E-state index is 11.2. The van der Waals surface area contributed by atoms with E-state index in [-0.39, 0.29) is 17.2 Å². The number of aromatic nitrogens is 2. The van der Waals surface area contributed by atoms with Crippen molar-refractivity contribution < 1.29 is 0 Å². The van der Waals surface area contributed by atoms with E-state index in [1.165, 1.54) is 0 Å². The molecular weight excluding hydrogens is 182 g/mol. The van der Waals surface area contributed by atoms with Crippen LogP contribution in [0.25, 0.3) is 0 Å². The van der Waals surface area contributed by atoms with Crippen LogP contribution in [0.3, 0.4) is 0 Å². The molecular formula is C8H15N5O. The molecule has 1 heterocycles. The molecule has 1 aromatic heterocycles. The predicted octanol–water partition coefficient (Wildman–Crippen LogP) is 0.145. The molecule has 0 amide bonds. The Morgan fingerprint density at radius 2 is 1.93 bits per heavy atom. The second-order valence-corrected chi connectivity index (χ2v) is 4.09. The van der Waals surface area contributed by atoms with Gasteiger partial charge >= 0.3 is 0 Å². The number of nitrogens with two attached hydrogens (primary N) is 2. The van der Waals surface area contributed by atoms with Gasteiger partial charge in [-0.15, -0.1) is 0 Å². The van der Waals surface area contributed by atoms with Crippen LogP contribution in [0.2, 0.25) is 0 Å². The summed E-state index contributed by atoms with van der Waals surface area (Å²) in [4.78, 5) is 17.4. The highest BCUT2D eigenvalue weighted by molar-refractivity contribution is 5.61. The van der Waals surface area contributed by atoms with Crippen LogP contribution in [-0.4, -0.2) is 15.5 Å². The van der Waals surface area contributed by atoms with Gasteiger partial charge in [-0.25, -0.2) is 0 Å². The van der Waals surface area contributed by atoms with Crippen LogP contribution in [-0.2, 0) is 0 Å². The molecule has 0 spiro atoms. The van der Waals surface area contributed by atoms with E-state index in [1.807, 2.05) is 20.8 Å². The van der Waals surface area contributed by atoms with E-state index in [9.17, 15) is 4.79 Å². The van der Waals surface area contributed by atoms with Gasteiger partial charge in [0.05, 0.1) is 0 Å². The average molecular weight is 197 g/mol. The molecule has 14 heavy (non-hydrogen) atoms. The summed E-state index contributed by atoms with van der Waals surface area (Å²) in [7, 11) is 0. The summed E-state index contributed by atoms with van der Waals surface area (Å²) in [6, 6.07) is 0. The Morgan fingerprint density at radius 3 is 2.43 bits per heavy atom. The fourth-order valence-electron chi connectivity index (χ4n) is 0.950. The standard InChI is InChI=1S/C8H15N5O/c1-8(2,3)13-5-4(9)6(14)12-7(10)11-5/h9H2,1-3H3,(H4,10,11,12,13,14). The van der Waals surface area contributed by atoms with Crippen LogP contribution in [0.5, 0.6) is 0 Å². The lowest BCUT2D eigenvalue weighted by Gasteiger charge is -2.21. The summed E-state index contributed by atoms with van der Waals surface area (Å²) in [5, 5.41) is 2.99. The van der Waals surface area contributed by atoms with Crippen molar-refractivity contribution in [3.8, 4) is 0 Å². The van der Waals surface area contributed by atoms with Gasteiger partial charge in [-0.05, 0) is 20.8 Å². The molecule has 6 heteroatoms. The van der Waals surface area contributed by atoms with Gasteiger partial charge in [-0.1, -0.05) is 0 Å². The largest absolute Gasteiger partial charge is 0.391 e. The number of hydrogen-bond donors (Lipinski definition) is 4. The van der Waals surface area contributed by atoms with Gasteiger partial charge in [0.25, 0.3) is 5.56 Å². The normalized spacial score (nSPS) is 11.4. The number of anilines is 3. The van der Waals surface area contributed by atoms with E-state index in [2.05, 4.69) is 15.3 Å². The van der Waals surface area contributed by atoms with Gasteiger partial charge in [0.1, 0.15) is 5.69 Å². The Balaban J connectivity index is 3.15. The topological polar surface area (TPSA) is 110 Å². The molecule has 0 aromatic carbocycles. The molecule has 6 N–H and O–H groups in total. The first-order chi connectivity index (χ1) is 6.29. The zero-order valence-corrected chi connectivity index (χ0v) is 8.51. The van der Waals surface area contributed by atoms with Crippen molar-refractivity contribution in [3.63, 3.8) is 0 Å². The fourth-order valence-corrected chi connectivity index (χ4v) is 0.950. The van der Waals surface area contributed by atoms with Crippen molar-refractivity contribution in [2.75, 3.05) is 16.8 Å². The number of nitrogens with one attached hydrogen (secondary N) is 2. The zero-order valence-electron chi connectivity index (χ0n) is 8.51. The summed E-state index contributed by atoms with van der Waals surface area (Å²) < 4.78 is 0. The highest BCUT2D eigenvalue weighted by Crippen LogP contribution is 2.16. The van der Waals surface area contributed by atoms with Gasteiger partial charge in [0.2, 0.25) is 5.95 Å². The van der Waals surface area contributed by atoms with Gasteiger partial charge < -0.3 is 16.8 Å². The maximum Gasteiger partial charge on any atom is 0.277 e. The van der Waals surface area contributed by atoms with Crippen molar-refractivity contribution in [2.45, 2.75) is 26.3 Å². The molecule has 0 radical (unpaired) electrons. The van der Waals surface area contributed by atoms with E-state index in [1.54, 1.807) is 0 Å². The lowest BCUT2D eigenvalue weighted by atomic mass is 10.1. The van der Waals surface area contributed by atoms with Crippen LogP contribution in [0.4, 0.5) is 17.5 Å². The van der Waals surface area contributed by atoms with E-state index in [0.29, 0.717) is 5.82 Å². The molecule has 0 atom stereocenters. The SMILES string of the molecule is CC(C)(C)Nc1nc(N)[nH]c(=O)c1N. The molecule has 0 aliphatic carbocycles. The molecule has 6 nitrogen and oxygen atoms in total. The monoisotopic (exact) mass is 197 g/mol. The zero-order chi connectivity index (χ0) is 10.9. The van der Waals surface area contributed by atoms with Crippen molar-refractivity contribution >= 4 is 17.5 Å². The number of rotatable bonds is 1. The fraction of sp³-hybridized carbons (Fsp3) is 0.500. The van der Waals surface area contributed by atoms with Crippen molar-refractivity contribution in [1.29, 1.82) is 0 Å². The molecule has 0 saturated carbocycles. The summed E-state index contributed by atoms with van der Waals surface area (Å²) in [5.41, 5.74) is 10.3. The second-order valence-electron chi connectivity index (χ2n) is 4.09. The number of nitrogens with zero attached hydrogens (tertiary/aromatic N) is 1. The number of aromatic amines is 1. The van der Waals surface area contributed by atoms with Crippen LogP contribution in [0.15, 0.2) is 4.79 Å². The van der Waals surface area contributed by atoms with Crippen molar-refractivity contribution in [3.05, 3.63) is 10.4 Å². The Labute approximate surface area is 81.7 Å². The Bertz CT molecular complexity index is 390. The Hall–Kier alpha value is -1.72. The molecule has 1 rings (SSSR count). The first-order valence-corrected chi connectivity index (χ1v) is 4.23. The molecule has 1 aromatic rings. The van der Waals surface area contributed by atoms with E-state index in [0.717, 1.165) is 0 Å². The summed E-state index contributed by atoms with van der Waals surface area (Å²) in [5.74, 6) is 0.370. The Morgan fingerprint density at radius 1 is 1.36 bits per heavy atom. The molecule has 0 unspecified atom stereocenters. The lowest BCUT2D eigenvalue weighted by Crippen LogP contribution is -2.29. The minimum Gasteiger partial charge on any atom is -0.391 e. The van der Waals surface area contributed by atoms with Crippen molar-refractivity contribution in [2.24, 2.45) is 0 Å². The molecule has 78 valence electrons. The first kappa shape index (κ1) is 10.4. The number of nitrogen functional groups attached to an aromatic ring is 2. The number of hydrogen-bond acceptors (Lipinski definition) is 5. The molecule has 0 fully saturated rings. The summed E-state index contributed by atoms with van der Waals surface area (Å²) >= 11 is 0. The third-order valence-corrected chi connectivity index (χ3v) is 1.47. The highest BCUT2D eigenvalue weighted by atomic mass is 16.1. The molecule has 0 aliphatic heterocycles. The lowest BCUT2D eigenvalue weighted by molar-refractivity contribution is 0.630. The minimum atomic E-state index is -0.427. The van der Waals surface area contributed by atoms with Gasteiger partial charge in [-0.3, -0.25) is 9.78 Å². The van der Waals surface area contributed by atoms with E-state index >= 15 is 0 Å². The van der Waals surface area contributed by atoms with Crippen LogP contribution < -0.4 is 22.3 Å². The minimum absolute atomic E-state index is 0.0501. The third kappa shape index (κ3) is 2.38. The summed E-state index contributed by atoms with van der Waals surface area (Å²) in [6.07, 6.45) is 0. The second kappa shape index (κ2) is 3.21. The van der Waals surface area contributed by atoms with E-state index < -0.39 is 5.56 Å². The molecule has 0 saturated heterocycles. The van der Waals surface area contributed by atoms with E-state index in [4.69, 9.17) is 11.5 Å². The maximum absolute atomic E-state index is 11.2. The highest BCUT2D eigenvalue weighted by Gasteiger charge is 2.14. The van der Waals surface area contributed by atoms with Gasteiger partial charge in [0, 0.05) is 5.54 Å². The smallest absolute Gasteiger partial charge is 0.277 e. The quantitative estimate of drug-likeness (QED) is 0.512. The Kier molecular flexibility index (Phi) is 2.37. The molecule has 0 aliphatic rings. The predicted molar refractivity (Wildman–Crippen MR) is 57.1 cm³/mol. The van der Waals surface area contributed by atoms with Gasteiger partial charge in [-0.2, -0.15) is 4.98 Å². The first-order valence-electron chi connectivity index (χ1n) is 4.23. The van der Waals surface area contributed by atoms with Gasteiger partial charge in [0.15, 0.2) is 5.82 Å². The number of H-pyrrole nitrogens is 1. The van der Waals surface area contributed by atoms with Crippen LogP contribution in [0, 0.1) is 0 Å². The van der Waals surface area contributed by atoms with Crippen LogP contribution >= 0.6 is 0 Å². The van der Waals surface area contributed by atoms with Crippen molar-refractivity contribution in [1.82, 2.24) is 9.97 Å². The summed E-state index contributed by atoms with van der Waals surface area (Å²) in [6.45, 7) is 5.81. The third-order valence-electron chi connectivity index (χ3n) is 1.47. The average Bonchev–Trinajstić information content (AvgIpc) is 1.96. The molecule has 0 bridgehead atoms.